The first-order valence-corrected chi connectivity index (χ1v) is 9.01. The van der Waals surface area contributed by atoms with E-state index in [1.54, 1.807) is 0 Å². The molecular weight excluding hydrogens is 284 g/mol. The second kappa shape index (κ2) is 6.26. The van der Waals surface area contributed by atoms with Gasteiger partial charge in [0, 0.05) is 17.0 Å². The number of carbonyl (C=O) groups is 1. The number of hydrogen-bond acceptors (Lipinski definition) is 4. The fraction of sp³-hybridized carbons (Fsp3) is 0.625. The number of aromatic nitrogens is 1. The molecule has 4 nitrogen and oxygen atoms in total. The highest BCUT2D eigenvalue weighted by molar-refractivity contribution is 7.99. The SMILES string of the molecule is CSC1CCC(Nc2nc3c(cc2C(=O)O)CCCC3)C1. The van der Waals surface area contributed by atoms with Crippen LogP contribution in [-0.2, 0) is 12.8 Å². The van der Waals surface area contributed by atoms with Gasteiger partial charge in [0.1, 0.15) is 11.4 Å². The Hall–Kier alpha value is -1.23. The molecule has 0 saturated heterocycles. The molecule has 0 spiro atoms. The van der Waals surface area contributed by atoms with Gasteiger partial charge in [-0.1, -0.05) is 0 Å². The Labute approximate surface area is 129 Å². The van der Waals surface area contributed by atoms with Gasteiger partial charge in [0.15, 0.2) is 0 Å². The van der Waals surface area contributed by atoms with Gasteiger partial charge in [-0.2, -0.15) is 11.8 Å². The van der Waals surface area contributed by atoms with E-state index < -0.39 is 5.97 Å². The topological polar surface area (TPSA) is 62.2 Å². The normalized spacial score (nSPS) is 24.6. The van der Waals surface area contributed by atoms with Gasteiger partial charge in [0.2, 0.25) is 0 Å². The van der Waals surface area contributed by atoms with Crippen molar-refractivity contribution in [1.82, 2.24) is 4.98 Å². The van der Waals surface area contributed by atoms with Gasteiger partial charge < -0.3 is 10.4 Å². The number of carboxylic acids is 1. The summed E-state index contributed by atoms with van der Waals surface area (Å²) in [5.74, 6) is -0.298. The quantitative estimate of drug-likeness (QED) is 0.893. The summed E-state index contributed by atoms with van der Waals surface area (Å²) in [6, 6.07) is 2.20. The fourth-order valence-electron chi connectivity index (χ4n) is 3.39. The summed E-state index contributed by atoms with van der Waals surface area (Å²) in [6.07, 6.45) is 9.77. The van der Waals surface area contributed by atoms with Gasteiger partial charge in [0.25, 0.3) is 0 Å². The van der Waals surface area contributed by atoms with E-state index in [-0.39, 0.29) is 0 Å². The number of pyridine rings is 1. The largest absolute Gasteiger partial charge is 0.478 e. The molecule has 2 unspecified atom stereocenters. The molecule has 0 radical (unpaired) electrons. The van der Waals surface area contributed by atoms with Crippen LogP contribution in [0.15, 0.2) is 6.07 Å². The van der Waals surface area contributed by atoms with Gasteiger partial charge in [-0.05, 0) is 62.8 Å². The number of nitrogens with zero attached hydrogens (tertiary/aromatic N) is 1. The van der Waals surface area contributed by atoms with E-state index in [0.717, 1.165) is 49.8 Å². The van der Waals surface area contributed by atoms with Crippen molar-refractivity contribution in [3.63, 3.8) is 0 Å². The van der Waals surface area contributed by atoms with Crippen LogP contribution < -0.4 is 5.32 Å². The molecule has 0 amide bonds. The molecule has 1 fully saturated rings. The Morgan fingerprint density at radius 2 is 2.19 bits per heavy atom. The minimum atomic E-state index is -0.877. The first-order chi connectivity index (χ1) is 10.2. The molecule has 0 aliphatic heterocycles. The summed E-state index contributed by atoms with van der Waals surface area (Å²) in [7, 11) is 0. The Morgan fingerprint density at radius 1 is 1.38 bits per heavy atom. The molecule has 2 aliphatic rings. The maximum absolute atomic E-state index is 11.5. The second-order valence-electron chi connectivity index (χ2n) is 6.01. The molecule has 114 valence electrons. The van der Waals surface area contributed by atoms with E-state index >= 15 is 0 Å². The first-order valence-electron chi connectivity index (χ1n) is 7.73. The van der Waals surface area contributed by atoms with Crippen LogP contribution in [0.3, 0.4) is 0 Å². The van der Waals surface area contributed by atoms with Crippen LogP contribution in [0, 0.1) is 0 Å². The molecule has 2 atom stereocenters. The third-order valence-corrected chi connectivity index (χ3v) is 5.68. The number of hydrogen-bond donors (Lipinski definition) is 2. The number of anilines is 1. The summed E-state index contributed by atoms with van der Waals surface area (Å²) in [5.41, 5.74) is 2.55. The molecular formula is C16H22N2O2S. The molecule has 0 bridgehead atoms. The van der Waals surface area contributed by atoms with Crippen molar-refractivity contribution in [1.29, 1.82) is 0 Å². The van der Waals surface area contributed by atoms with Crippen molar-refractivity contribution < 1.29 is 9.90 Å². The van der Waals surface area contributed by atoms with Gasteiger partial charge in [-0.15, -0.1) is 0 Å². The zero-order chi connectivity index (χ0) is 14.8. The van der Waals surface area contributed by atoms with Crippen LogP contribution in [0.2, 0.25) is 0 Å². The lowest BCUT2D eigenvalue weighted by molar-refractivity contribution is 0.0697. The summed E-state index contributed by atoms with van der Waals surface area (Å²) in [6.45, 7) is 0. The Bertz CT molecular complexity index is 547. The van der Waals surface area contributed by atoms with Crippen molar-refractivity contribution in [2.45, 2.75) is 56.2 Å². The number of thioether (sulfide) groups is 1. The first kappa shape index (κ1) is 14.7. The van der Waals surface area contributed by atoms with E-state index in [0.29, 0.717) is 22.7 Å². The zero-order valence-electron chi connectivity index (χ0n) is 12.4. The molecule has 1 aromatic heterocycles. The number of aryl methyl sites for hydroxylation is 2. The van der Waals surface area contributed by atoms with Gasteiger partial charge in [-0.25, -0.2) is 9.78 Å². The summed E-state index contributed by atoms with van der Waals surface area (Å²) >= 11 is 1.90. The number of rotatable bonds is 4. The Balaban J connectivity index is 1.84. The van der Waals surface area contributed by atoms with Crippen LogP contribution >= 0.6 is 11.8 Å². The standard InChI is InChI=1S/C16H22N2O2S/c1-21-12-7-6-11(9-12)17-15-13(16(19)20)8-10-4-2-3-5-14(10)18-15/h8,11-12H,2-7,9H2,1H3,(H,17,18)(H,19,20). The van der Waals surface area contributed by atoms with Crippen LogP contribution in [0.1, 0.15) is 53.7 Å². The number of aromatic carboxylic acids is 1. The molecule has 2 aliphatic carbocycles. The van der Waals surface area contributed by atoms with Crippen molar-refractivity contribution in [2.24, 2.45) is 0 Å². The number of nitrogens with one attached hydrogen (secondary N) is 1. The van der Waals surface area contributed by atoms with Crippen molar-refractivity contribution in [2.75, 3.05) is 11.6 Å². The monoisotopic (exact) mass is 306 g/mol. The van der Waals surface area contributed by atoms with Gasteiger partial charge in [0.05, 0.1) is 0 Å². The highest BCUT2D eigenvalue weighted by atomic mass is 32.2. The second-order valence-corrected chi connectivity index (χ2v) is 7.15. The Kier molecular flexibility index (Phi) is 4.38. The van der Waals surface area contributed by atoms with E-state index in [4.69, 9.17) is 0 Å². The highest BCUT2D eigenvalue weighted by Gasteiger charge is 2.26. The van der Waals surface area contributed by atoms with Crippen molar-refractivity contribution in [3.05, 3.63) is 22.9 Å². The number of fused-ring (bicyclic) bond motifs is 1. The average molecular weight is 306 g/mol. The molecule has 2 N–H and O–H groups in total. The van der Waals surface area contributed by atoms with Gasteiger partial charge >= 0.3 is 5.97 Å². The van der Waals surface area contributed by atoms with E-state index in [2.05, 4.69) is 16.6 Å². The number of carboxylic acid groups (broad SMARTS) is 1. The van der Waals surface area contributed by atoms with Crippen LogP contribution in [0.25, 0.3) is 0 Å². The molecule has 3 rings (SSSR count). The summed E-state index contributed by atoms with van der Waals surface area (Å²) in [4.78, 5) is 16.2. The highest BCUT2D eigenvalue weighted by Crippen LogP contribution is 2.31. The maximum Gasteiger partial charge on any atom is 0.339 e. The minimum Gasteiger partial charge on any atom is -0.478 e. The maximum atomic E-state index is 11.5. The smallest absolute Gasteiger partial charge is 0.339 e. The fourth-order valence-corrected chi connectivity index (χ4v) is 4.18. The van der Waals surface area contributed by atoms with Gasteiger partial charge in [-0.3, -0.25) is 0 Å². The predicted octanol–water partition coefficient (Wildman–Crippen LogP) is 3.35. The van der Waals surface area contributed by atoms with Crippen molar-refractivity contribution in [3.8, 4) is 0 Å². The third-order valence-electron chi connectivity index (χ3n) is 4.59. The van der Waals surface area contributed by atoms with E-state index in [1.165, 1.54) is 6.42 Å². The molecule has 1 heterocycles. The van der Waals surface area contributed by atoms with Crippen molar-refractivity contribution >= 4 is 23.5 Å². The predicted molar refractivity (Wildman–Crippen MR) is 86.4 cm³/mol. The average Bonchev–Trinajstić information content (AvgIpc) is 2.94. The molecule has 1 saturated carbocycles. The lowest BCUT2D eigenvalue weighted by Crippen LogP contribution is -2.21. The molecule has 21 heavy (non-hydrogen) atoms. The van der Waals surface area contributed by atoms with Crippen LogP contribution in [0.4, 0.5) is 5.82 Å². The van der Waals surface area contributed by atoms with E-state index in [9.17, 15) is 9.90 Å². The summed E-state index contributed by atoms with van der Waals surface area (Å²) in [5, 5.41) is 13.5. The van der Waals surface area contributed by atoms with E-state index in [1.807, 2.05) is 17.8 Å². The third kappa shape index (κ3) is 3.18. The lowest BCUT2D eigenvalue weighted by atomic mass is 9.94. The zero-order valence-corrected chi connectivity index (χ0v) is 13.2. The molecule has 0 aromatic carbocycles. The van der Waals surface area contributed by atoms with Crippen LogP contribution in [0.5, 0.6) is 0 Å². The molecule has 1 aromatic rings. The Morgan fingerprint density at radius 3 is 2.90 bits per heavy atom. The summed E-state index contributed by atoms with van der Waals surface area (Å²) < 4.78 is 0. The lowest BCUT2D eigenvalue weighted by Gasteiger charge is -2.20. The molecule has 5 heteroatoms. The van der Waals surface area contributed by atoms with Crippen LogP contribution in [-0.4, -0.2) is 33.6 Å². The minimum absolute atomic E-state index is 0.336.